The van der Waals surface area contributed by atoms with Gasteiger partial charge in [-0.1, -0.05) is 24.3 Å². The van der Waals surface area contributed by atoms with Crippen molar-refractivity contribution in [2.24, 2.45) is 0 Å². The third-order valence-electron chi connectivity index (χ3n) is 4.13. The molecule has 1 atom stereocenters. The number of carbonyl (C=O) groups is 1. The van der Waals surface area contributed by atoms with Gasteiger partial charge in [-0.25, -0.2) is 0 Å². The number of amides is 1. The molecular weight excluding hydrogens is 379 g/mol. The first-order valence-electron chi connectivity index (χ1n) is 8.30. The van der Waals surface area contributed by atoms with Crippen molar-refractivity contribution in [1.82, 2.24) is 4.90 Å². The summed E-state index contributed by atoms with van der Waals surface area (Å²) in [4.78, 5) is 15.3. The van der Waals surface area contributed by atoms with Crippen molar-refractivity contribution in [2.45, 2.75) is 25.2 Å². The number of ether oxygens (including phenoxy) is 2. The lowest BCUT2D eigenvalue weighted by Gasteiger charge is -2.35. The van der Waals surface area contributed by atoms with Crippen molar-refractivity contribution in [3.8, 4) is 5.75 Å². The number of methoxy groups -OCH3 is 1. The van der Waals surface area contributed by atoms with Gasteiger partial charge in [0, 0.05) is 13.5 Å². The van der Waals surface area contributed by atoms with E-state index in [0.717, 1.165) is 10.6 Å². The number of carbonyl (C=O) groups excluding carboxylic acids is 1. The van der Waals surface area contributed by atoms with E-state index < -0.39 is 12.4 Å². The number of alkyl halides is 3. The Morgan fingerprint density at radius 3 is 2.56 bits per heavy atom. The van der Waals surface area contributed by atoms with Gasteiger partial charge in [0.15, 0.2) is 0 Å². The molecule has 2 aromatic rings. The topological polar surface area (TPSA) is 38.8 Å². The summed E-state index contributed by atoms with van der Waals surface area (Å²) < 4.78 is 46.3. The van der Waals surface area contributed by atoms with Crippen LogP contribution in [-0.4, -0.2) is 30.9 Å². The molecule has 4 nitrogen and oxygen atoms in total. The Bertz CT molecular complexity index is 801. The van der Waals surface area contributed by atoms with Crippen molar-refractivity contribution in [3.05, 3.63) is 58.3 Å². The van der Waals surface area contributed by atoms with Crippen molar-refractivity contribution in [2.75, 3.05) is 13.7 Å². The average Bonchev–Trinajstić information content (AvgIpc) is 3.14. The highest BCUT2D eigenvalue weighted by Gasteiger charge is 2.33. The van der Waals surface area contributed by atoms with Crippen LogP contribution in [0.5, 0.6) is 5.75 Å². The number of thiophene rings is 1. The maximum absolute atomic E-state index is 12.7. The first-order chi connectivity index (χ1) is 12.9. The van der Waals surface area contributed by atoms with Gasteiger partial charge in [0.05, 0.1) is 23.2 Å². The molecule has 144 valence electrons. The van der Waals surface area contributed by atoms with Gasteiger partial charge in [0.25, 0.3) is 0 Å². The fourth-order valence-corrected chi connectivity index (χ4v) is 3.80. The molecule has 0 fully saturated rings. The number of rotatable bonds is 6. The fraction of sp³-hybridized carbons (Fsp3) is 0.316. The first-order valence-corrected chi connectivity index (χ1v) is 9.18. The number of hydrogen-bond donors (Lipinski definition) is 0. The Kier molecular flexibility index (Phi) is 5.86. The molecule has 0 aliphatic carbocycles. The zero-order valence-corrected chi connectivity index (χ0v) is 15.3. The van der Waals surface area contributed by atoms with Crippen LogP contribution in [0.3, 0.4) is 0 Å². The highest BCUT2D eigenvalue weighted by atomic mass is 32.1. The van der Waals surface area contributed by atoms with E-state index >= 15 is 0 Å². The normalized spacial score (nSPS) is 16.2. The van der Waals surface area contributed by atoms with Crippen LogP contribution in [-0.2, 0) is 9.53 Å². The third-order valence-corrected chi connectivity index (χ3v) is 5.02. The quantitative estimate of drug-likeness (QED) is 0.689. The maximum Gasteiger partial charge on any atom is 0.573 e. The van der Waals surface area contributed by atoms with Crippen molar-refractivity contribution in [3.63, 3.8) is 0 Å². The summed E-state index contributed by atoms with van der Waals surface area (Å²) >= 11 is 1.53. The highest BCUT2D eigenvalue weighted by Crippen LogP contribution is 2.37. The lowest BCUT2D eigenvalue weighted by molar-refractivity contribution is -0.274. The molecule has 1 aliphatic rings. The summed E-state index contributed by atoms with van der Waals surface area (Å²) in [6.45, 7) is 0.216. The number of allylic oxidation sites excluding steroid dienone is 1. The molecule has 0 spiro atoms. The fourth-order valence-electron chi connectivity index (χ4n) is 3.04. The van der Waals surface area contributed by atoms with Crippen LogP contribution in [0.2, 0.25) is 0 Å². The average molecular weight is 397 g/mol. The Morgan fingerprint density at radius 2 is 1.96 bits per heavy atom. The predicted molar refractivity (Wildman–Crippen MR) is 96.1 cm³/mol. The molecule has 1 unspecified atom stereocenters. The lowest BCUT2D eigenvalue weighted by atomic mass is 10.0. The van der Waals surface area contributed by atoms with Gasteiger partial charge >= 0.3 is 6.36 Å². The molecule has 1 amide bonds. The van der Waals surface area contributed by atoms with Crippen LogP contribution in [0.25, 0.3) is 5.70 Å². The summed E-state index contributed by atoms with van der Waals surface area (Å²) in [6, 6.07) is 8.94. The van der Waals surface area contributed by atoms with E-state index in [0.29, 0.717) is 18.4 Å². The maximum atomic E-state index is 12.7. The summed E-state index contributed by atoms with van der Waals surface area (Å²) in [6.07, 6.45) is -1.70. The second-order valence-electron chi connectivity index (χ2n) is 5.96. The summed E-state index contributed by atoms with van der Waals surface area (Å²) in [5.74, 6) is -0.347. The zero-order valence-electron chi connectivity index (χ0n) is 14.5. The van der Waals surface area contributed by atoms with Crippen molar-refractivity contribution in [1.29, 1.82) is 0 Å². The van der Waals surface area contributed by atoms with Gasteiger partial charge in [-0.3, -0.25) is 4.79 Å². The van der Waals surface area contributed by atoms with Crippen LogP contribution < -0.4 is 4.74 Å². The molecule has 0 radical (unpaired) electrons. The van der Waals surface area contributed by atoms with Crippen LogP contribution in [0, 0.1) is 0 Å². The van der Waals surface area contributed by atoms with E-state index in [1.807, 2.05) is 23.6 Å². The smallest absolute Gasteiger partial charge is 0.406 e. The van der Waals surface area contributed by atoms with Crippen LogP contribution >= 0.6 is 11.3 Å². The minimum Gasteiger partial charge on any atom is -0.406 e. The van der Waals surface area contributed by atoms with Crippen LogP contribution in [0.15, 0.2) is 47.9 Å². The standard InChI is InChI=1S/C19H18F3NO3S/c1-25-12-16(13-7-9-14(10-8-13)26-19(20,21)22)23-15(4-2-6-18(23)24)17-5-3-11-27-17/h3-5,7-11,16H,2,6,12H2,1H3. The largest absolute Gasteiger partial charge is 0.573 e. The molecule has 27 heavy (non-hydrogen) atoms. The molecule has 1 aromatic carbocycles. The van der Waals surface area contributed by atoms with E-state index in [4.69, 9.17) is 4.74 Å². The molecule has 0 saturated heterocycles. The monoisotopic (exact) mass is 397 g/mol. The van der Waals surface area contributed by atoms with Gasteiger partial charge in [-0.15, -0.1) is 24.5 Å². The van der Waals surface area contributed by atoms with Crippen LogP contribution in [0.4, 0.5) is 13.2 Å². The number of benzene rings is 1. The molecule has 1 aromatic heterocycles. The van der Waals surface area contributed by atoms with Crippen LogP contribution in [0.1, 0.15) is 29.3 Å². The minimum atomic E-state index is -4.74. The molecule has 0 N–H and O–H groups in total. The summed E-state index contributed by atoms with van der Waals surface area (Å²) in [7, 11) is 1.52. The van der Waals surface area contributed by atoms with Gasteiger partial charge in [0.1, 0.15) is 5.75 Å². The van der Waals surface area contributed by atoms with Gasteiger partial charge in [0.2, 0.25) is 5.91 Å². The first kappa shape index (κ1) is 19.4. The third kappa shape index (κ3) is 4.70. The Balaban J connectivity index is 1.92. The zero-order chi connectivity index (χ0) is 19.4. The van der Waals surface area contributed by atoms with Crippen molar-refractivity contribution < 1.29 is 27.4 Å². The Labute approximate surface area is 158 Å². The second kappa shape index (κ2) is 8.14. The van der Waals surface area contributed by atoms with E-state index in [1.165, 1.54) is 42.7 Å². The number of halogens is 3. The highest BCUT2D eigenvalue weighted by molar-refractivity contribution is 7.11. The molecule has 2 heterocycles. The van der Waals surface area contributed by atoms with Gasteiger partial charge < -0.3 is 14.4 Å². The van der Waals surface area contributed by atoms with Gasteiger partial charge in [-0.2, -0.15) is 0 Å². The second-order valence-corrected chi connectivity index (χ2v) is 6.90. The number of nitrogens with zero attached hydrogens (tertiary/aromatic N) is 1. The number of hydrogen-bond acceptors (Lipinski definition) is 4. The Hall–Kier alpha value is -2.32. The molecule has 0 bridgehead atoms. The summed E-state index contributed by atoms with van der Waals surface area (Å²) in [5, 5.41) is 1.93. The minimum absolute atomic E-state index is 0.0430. The van der Waals surface area contributed by atoms with E-state index in [9.17, 15) is 18.0 Å². The molecule has 8 heteroatoms. The molecule has 1 aliphatic heterocycles. The lowest BCUT2D eigenvalue weighted by Crippen LogP contribution is -2.37. The summed E-state index contributed by atoms with van der Waals surface area (Å²) in [5.41, 5.74) is 1.47. The van der Waals surface area contributed by atoms with E-state index in [1.54, 1.807) is 4.90 Å². The molecule has 0 saturated carbocycles. The predicted octanol–water partition coefficient (Wildman–Crippen LogP) is 5.00. The Morgan fingerprint density at radius 1 is 1.22 bits per heavy atom. The molecule has 3 rings (SSSR count). The van der Waals surface area contributed by atoms with Crippen molar-refractivity contribution >= 4 is 22.9 Å². The van der Waals surface area contributed by atoms with E-state index in [-0.39, 0.29) is 18.3 Å². The van der Waals surface area contributed by atoms with Gasteiger partial charge in [-0.05, 0) is 35.6 Å². The van der Waals surface area contributed by atoms with E-state index in [2.05, 4.69) is 4.74 Å². The SMILES string of the molecule is COCC(c1ccc(OC(F)(F)F)cc1)N1C(=O)CCC=C1c1cccs1. The molecular formula is C19H18F3NO3S.